The maximum absolute atomic E-state index is 13.1. The molecule has 0 spiro atoms. The predicted octanol–water partition coefficient (Wildman–Crippen LogP) is 1.43. The number of hydrogen-bond acceptors (Lipinski definition) is 7. The summed E-state index contributed by atoms with van der Waals surface area (Å²) in [5.41, 5.74) is 14.0. The minimum atomic E-state index is -0.188. The molecule has 8 N–H and O–H groups in total. The number of carbonyl (C=O) groups excluding carboxylic acids is 2. The number of aryl methyl sites for hydroxylation is 2. The van der Waals surface area contributed by atoms with Gasteiger partial charge < -0.3 is 41.5 Å². The van der Waals surface area contributed by atoms with Gasteiger partial charge in [0.15, 0.2) is 11.9 Å². The molecule has 3 aromatic rings. The zero-order chi connectivity index (χ0) is 27.1. The molecule has 2 unspecified atom stereocenters. The highest BCUT2D eigenvalue weighted by Gasteiger charge is 2.48. The van der Waals surface area contributed by atoms with Crippen LogP contribution >= 0.6 is 31.9 Å². The first-order chi connectivity index (χ1) is 18.1. The van der Waals surface area contributed by atoms with E-state index in [1.54, 1.807) is 27.5 Å². The molecular formula is C24H30Br2N10O2. The average Bonchev–Trinajstić information content (AvgIpc) is 3.61. The summed E-state index contributed by atoms with van der Waals surface area (Å²) in [6.07, 6.45) is 6.09. The number of aliphatic imine (C=N–C) groups is 1. The van der Waals surface area contributed by atoms with E-state index in [2.05, 4.69) is 57.8 Å². The van der Waals surface area contributed by atoms with Crippen molar-refractivity contribution in [3.8, 4) is 0 Å². The van der Waals surface area contributed by atoms with E-state index in [1.165, 1.54) is 0 Å². The Morgan fingerprint density at radius 2 is 1.66 bits per heavy atom. The van der Waals surface area contributed by atoms with Crippen LogP contribution in [0.1, 0.15) is 39.0 Å². The smallest absolute Gasteiger partial charge is 0.267 e. The summed E-state index contributed by atoms with van der Waals surface area (Å²) in [4.78, 5) is 38.2. The van der Waals surface area contributed by atoms with Crippen LogP contribution in [0.5, 0.6) is 0 Å². The quantitative estimate of drug-likeness (QED) is 0.226. The number of aromatic amines is 1. The number of guanidine groups is 1. The lowest BCUT2D eigenvalue weighted by Crippen LogP contribution is -2.53. The number of H-pyrrole nitrogens is 1. The Labute approximate surface area is 236 Å². The number of imidazole rings is 1. The summed E-state index contributed by atoms with van der Waals surface area (Å²) < 4.78 is 5.20. The topological polar surface area (TPSA) is 173 Å². The van der Waals surface area contributed by atoms with Crippen LogP contribution in [0.3, 0.4) is 0 Å². The van der Waals surface area contributed by atoms with E-state index in [-0.39, 0.29) is 41.7 Å². The summed E-state index contributed by atoms with van der Waals surface area (Å²) in [6, 6.07) is 3.37. The van der Waals surface area contributed by atoms with Gasteiger partial charge in [0.1, 0.15) is 11.4 Å². The summed E-state index contributed by atoms with van der Waals surface area (Å²) in [5.74, 6) is 0.0566. The van der Waals surface area contributed by atoms with Crippen molar-refractivity contribution in [1.29, 1.82) is 0 Å². The van der Waals surface area contributed by atoms with Gasteiger partial charge in [-0.3, -0.25) is 9.59 Å². The van der Waals surface area contributed by atoms with Crippen LogP contribution in [0.2, 0.25) is 0 Å². The SMILES string of the molecule is Cn1cc(Br)cc1C(=O)NC[C@H]1CC2NC(N)=NC2[C@@H](c2cnc(N)[nH]2)[C@@H]1CNC(=O)c1cc(Br)cn1C. The monoisotopic (exact) mass is 648 g/mol. The molecule has 0 bridgehead atoms. The van der Waals surface area contributed by atoms with Crippen LogP contribution in [-0.4, -0.2) is 62.0 Å². The summed E-state index contributed by atoms with van der Waals surface area (Å²) in [7, 11) is 3.65. The fraction of sp³-hybridized carbons (Fsp3) is 0.417. The number of nitrogens with zero attached hydrogens (tertiary/aromatic N) is 4. The van der Waals surface area contributed by atoms with E-state index >= 15 is 0 Å². The number of anilines is 1. The van der Waals surface area contributed by atoms with E-state index < -0.39 is 0 Å². The second-order valence-electron chi connectivity index (χ2n) is 9.89. The normalized spacial score (nSPS) is 24.4. The van der Waals surface area contributed by atoms with Gasteiger partial charge in [-0.05, 0) is 62.2 Å². The molecule has 12 nitrogen and oxygen atoms in total. The minimum absolute atomic E-state index is 0.00696. The summed E-state index contributed by atoms with van der Waals surface area (Å²) in [5, 5.41) is 9.50. The van der Waals surface area contributed by atoms with Gasteiger partial charge >= 0.3 is 0 Å². The van der Waals surface area contributed by atoms with Crippen molar-refractivity contribution in [2.24, 2.45) is 36.7 Å². The molecule has 38 heavy (non-hydrogen) atoms. The molecule has 202 valence electrons. The average molecular weight is 650 g/mol. The number of nitrogens with two attached hydrogens (primary N) is 2. The Balaban J connectivity index is 1.42. The van der Waals surface area contributed by atoms with Gasteiger partial charge in [-0.2, -0.15) is 0 Å². The van der Waals surface area contributed by atoms with Crippen LogP contribution in [0.4, 0.5) is 5.95 Å². The molecule has 1 saturated carbocycles. The zero-order valence-corrected chi connectivity index (χ0v) is 24.1. The molecule has 0 radical (unpaired) electrons. The second kappa shape index (κ2) is 10.5. The molecule has 5 rings (SSSR count). The second-order valence-corrected chi connectivity index (χ2v) is 11.7. The molecule has 1 fully saturated rings. The number of fused-ring (bicyclic) bond motifs is 1. The molecular weight excluding hydrogens is 620 g/mol. The number of nitrogens with one attached hydrogen (secondary N) is 4. The first-order valence-electron chi connectivity index (χ1n) is 12.2. The van der Waals surface area contributed by atoms with Crippen molar-refractivity contribution >= 4 is 55.6 Å². The molecule has 2 aliphatic rings. The van der Waals surface area contributed by atoms with Crippen LogP contribution in [0.15, 0.2) is 44.7 Å². The largest absolute Gasteiger partial charge is 0.370 e. The molecule has 1 aliphatic carbocycles. The van der Waals surface area contributed by atoms with Gasteiger partial charge in [-0.25, -0.2) is 9.98 Å². The van der Waals surface area contributed by atoms with E-state index in [0.29, 0.717) is 42.8 Å². The molecule has 3 aromatic heterocycles. The van der Waals surface area contributed by atoms with E-state index in [0.717, 1.165) is 14.6 Å². The highest BCUT2D eigenvalue weighted by Crippen LogP contribution is 2.43. The lowest BCUT2D eigenvalue weighted by Gasteiger charge is -2.43. The Morgan fingerprint density at radius 3 is 2.18 bits per heavy atom. The van der Waals surface area contributed by atoms with Crippen molar-refractivity contribution in [2.75, 3.05) is 18.8 Å². The molecule has 0 saturated heterocycles. The summed E-state index contributed by atoms with van der Waals surface area (Å²) in [6.45, 7) is 0.767. The first-order valence-corrected chi connectivity index (χ1v) is 13.8. The van der Waals surface area contributed by atoms with Gasteiger partial charge in [0, 0.05) is 60.1 Å². The Morgan fingerprint density at radius 1 is 1.05 bits per heavy atom. The van der Waals surface area contributed by atoms with Crippen molar-refractivity contribution in [3.63, 3.8) is 0 Å². The van der Waals surface area contributed by atoms with Crippen LogP contribution in [-0.2, 0) is 14.1 Å². The lowest BCUT2D eigenvalue weighted by atomic mass is 9.66. The number of rotatable bonds is 7. The van der Waals surface area contributed by atoms with Crippen molar-refractivity contribution in [3.05, 3.63) is 56.8 Å². The number of hydrogen-bond donors (Lipinski definition) is 6. The minimum Gasteiger partial charge on any atom is -0.370 e. The number of nitrogen functional groups attached to an aromatic ring is 1. The Bertz CT molecular complexity index is 1390. The van der Waals surface area contributed by atoms with Crippen LogP contribution < -0.4 is 27.4 Å². The van der Waals surface area contributed by atoms with E-state index in [9.17, 15) is 9.59 Å². The maximum atomic E-state index is 13.1. The zero-order valence-electron chi connectivity index (χ0n) is 20.9. The third-order valence-corrected chi connectivity index (χ3v) is 8.30. The van der Waals surface area contributed by atoms with E-state index in [1.807, 2.05) is 26.5 Å². The first kappa shape index (κ1) is 26.4. The van der Waals surface area contributed by atoms with E-state index in [4.69, 9.17) is 16.5 Å². The molecule has 5 atom stereocenters. The van der Waals surface area contributed by atoms with Crippen molar-refractivity contribution in [1.82, 2.24) is 35.1 Å². The van der Waals surface area contributed by atoms with Crippen molar-refractivity contribution in [2.45, 2.75) is 24.4 Å². The molecule has 2 amide bonds. The molecule has 0 aromatic carbocycles. The Hall–Kier alpha value is -3.26. The van der Waals surface area contributed by atoms with Gasteiger partial charge in [0.2, 0.25) is 0 Å². The van der Waals surface area contributed by atoms with Gasteiger partial charge in [-0.15, -0.1) is 0 Å². The number of aromatic nitrogens is 4. The third kappa shape index (κ3) is 5.19. The van der Waals surface area contributed by atoms with Gasteiger partial charge in [0.05, 0.1) is 18.3 Å². The number of amides is 2. The highest BCUT2D eigenvalue weighted by atomic mass is 79.9. The lowest BCUT2D eigenvalue weighted by molar-refractivity contribution is 0.0867. The standard InChI is InChI=1S/C24H30Br2N10O2/c1-35-9-12(25)4-17(35)21(37)29-6-11-3-15-20(34-24(28)32-15)19(16-8-31-23(27)33-16)14(11)7-30-22(38)18-5-13(26)10-36(18)2/h4-5,8-11,14-15,19-20H,3,6-7H2,1-2H3,(H,29,37)(H,30,38)(H3,27,31,33)(H3,28,32,34)/t11-,14-,15?,19-,20?/m1/s1. The molecule has 4 heterocycles. The summed E-state index contributed by atoms with van der Waals surface area (Å²) >= 11 is 6.85. The fourth-order valence-electron chi connectivity index (χ4n) is 5.72. The van der Waals surface area contributed by atoms with Crippen LogP contribution in [0, 0.1) is 11.8 Å². The fourth-order valence-corrected chi connectivity index (χ4v) is 6.77. The molecule has 14 heteroatoms. The third-order valence-electron chi connectivity index (χ3n) is 7.43. The molecule has 1 aliphatic heterocycles. The predicted molar refractivity (Wildman–Crippen MR) is 151 cm³/mol. The highest BCUT2D eigenvalue weighted by molar-refractivity contribution is 9.10. The van der Waals surface area contributed by atoms with Gasteiger partial charge in [0.25, 0.3) is 11.8 Å². The van der Waals surface area contributed by atoms with Crippen LogP contribution in [0.25, 0.3) is 0 Å². The van der Waals surface area contributed by atoms with Gasteiger partial charge in [-0.1, -0.05) is 0 Å². The number of halogens is 2. The maximum Gasteiger partial charge on any atom is 0.267 e. The van der Waals surface area contributed by atoms with Crippen molar-refractivity contribution < 1.29 is 9.59 Å². The Kier molecular flexibility index (Phi) is 7.27. The number of carbonyl (C=O) groups is 2.